The van der Waals surface area contributed by atoms with Gasteiger partial charge in [-0.05, 0) is 0 Å². The molecule has 58 heavy (non-hydrogen) atoms. The molecule has 0 aliphatic heterocycles. The SMILES string of the molecule is CCc1ccccc1-c1c(C(C)C)ccc2c1C=C(c1ccccc1)[CH]2[Zr]([Cl])([Cl])([CH]1C(c2ccccc2)=Cc2c1ccc(C(C)C)c2-c1ccccc1CC)[SiH](C)C. The van der Waals surface area contributed by atoms with Crippen molar-refractivity contribution in [3.8, 4) is 22.3 Å². The monoisotopic (exact) mass is 893 g/mol. The van der Waals surface area contributed by atoms with Gasteiger partial charge < -0.3 is 0 Å². The van der Waals surface area contributed by atoms with Crippen LogP contribution in [0.4, 0.5) is 0 Å². The zero-order chi connectivity index (χ0) is 41.0. The fourth-order valence-electron chi connectivity index (χ4n) is 10.4. The number of hydrogen-bond acceptors (Lipinski definition) is 0. The van der Waals surface area contributed by atoms with E-state index < -0.39 is 21.5 Å². The Kier molecular flexibility index (Phi) is 11.5. The van der Waals surface area contributed by atoms with Crippen molar-refractivity contribution in [1.29, 1.82) is 0 Å². The molecule has 295 valence electrons. The van der Waals surface area contributed by atoms with Gasteiger partial charge >= 0.3 is 360 Å². The molecule has 0 saturated heterocycles. The van der Waals surface area contributed by atoms with Gasteiger partial charge in [0.15, 0.2) is 0 Å². The van der Waals surface area contributed by atoms with Gasteiger partial charge in [-0.3, -0.25) is 0 Å². The Morgan fingerprint density at radius 1 is 0.500 bits per heavy atom. The summed E-state index contributed by atoms with van der Waals surface area (Å²) in [5, 5.41) is 0. The molecule has 0 nitrogen and oxygen atoms in total. The first-order chi connectivity index (χ1) is 27.9. The van der Waals surface area contributed by atoms with Gasteiger partial charge in [-0.2, -0.15) is 0 Å². The van der Waals surface area contributed by atoms with Crippen LogP contribution in [-0.4, -0.2) is 5.92 Å². The molecule has 2 aliphatic rings. The fraction of sp³-hybridized carbons (Fsp3) is 0.259. The van der Waals surface area contributed by atoms with Gasteiger partial charge in [0.2, 0.25) is 0 Å². The van der Waals surface area contributed by atoms with Crippen molar-refractivity contribution in [1.82, 2.24) is 0 Å². The standard InChI is InChI=1S/2C26H25.C2H7Si.2ClH.Zr/c2*1-4-19-10-8-9-13-24(19)26-23(18(2)3)15-14-21-16-22(17-25(21)26)20-11-6-5-7-12-20;1-3-2;;;/h2*5-18H,4H2,1-3H3;3H,1-2H3;2*1H;/q;;;;;+2/p-2. The average Bonchev–Trinajstić information content (AvgIpc) is 3.85. The summed E-state index contributed by atoms with van der Waals surface area (Å²) in [6.45, 7) is 18.8. The van der Waals surface area contributed by atoms with Gasteiger partial charge in [0.1, 0.15) is 0 Å². The van der Waals surface area contributed by atoms with Crippen molar-refractivity contribution in [3.63, 3.8) is 0 Å². The summed E-state index contributed by atoms with van der Waals surface area (Å²) in [7, 11) is 18.3. The zero-order valence-corrected chi connectivity index (χ0v) is 40.5. The fourth-order valence-corrected chi connectivity index (χ4v) is 40.5. The molecule has 0 aromatic heterocycles. The molecule has 0 fully saturated rings. The maximum atomic E-state index is 9.16. The van der Waals surface area contributed by atoms with Crippen LogP contribution < -0.4 is 0 Å². The molecule has 0 bridgehead atoms. The second kappa shape index (κ2) is 16.2. The molecule has 2 atom stereocenters. The van der Waals surface area contributed by atoms with Gasteiger partial charge in [0.25, 0.3) is 0 Å². The quantitative estimate of drug-likeness (QED) is 0.114. The van der Waals surface area contributed by atoms with E-state index in [2.05, 4.69) is 200 Å². The topological polar surface area (TPSA) is 0 Å². The summed E-state index contributed by atoms with van der Waals surface area (Å²) in [5.74, 6) is -1.18. The molecule has 6 aromatic rings. The third-order valence-corrected chi connectivity index (χ3v) is 65.0. The first-order valence-corrected chi connectivity index (χ1v) is 37.8. The Balaban J connectivity index is 1.49. The third kappa shape index (κ3) is 6.66. The van der Waals surface area contributed by atoms with Crippen molar-refractivity contribution >= 4 is 46.2 Å². The summed E-state index contributed by atoms with van der Waals surface area (Å²) in [4.78, 5) is 0. The van der Waals surface area contributed by atoms with Gasteiger partial charge in [-0.15, -0.1) is 0 Å². The van der Waals surface area contributed by atoms with E-state index in [0.29, 0.717) is 11.8 Å². The molecule has 0 radical (unpaired) electrons. The predicted molar refractivity (Wildman–Crippen MR) is 255 cm³/mol. The summed E-state index contributed by atoms with van der Waals surface area (Å²) in [6, 6.07) is 49.8. The average molecular weight is 896 g/mol. The molecule has 0 N–H and O–H groups in total. The first-order valence-electron chi connectivity index (χ1n) is 21.5. The van der Waals surface area contributed by atoms with E-state index in [1.54, 1.807) is 0 Å². The number of fused-ring (bicyclic) bond motifs is 2. The molecular weight excluding hydrogens is 839 g/mol. The number of hydrogen-bond donors (Lipinski definition) is 0. The molecule has 8 rings (SSSR count). The second-order valence-corrected chi connectivity index (χ2v) is 60.1. The Labute approximate surface area is 356 Å². The van der Waals surface area contributed by atoms with Crippen LogP contribution in [0.15, 0.2) is 133 Å². The first kappa shape index (κ1) is 41.2. The normalized spacial score (nSPS) is 16.9. The van der Waals surface area contributed by atoms with E-state index in [9.17, 15) is 0 Å². The van der Waals surface area contributed by atoms with E-state index in [1.165, 1.54) is 89.0 Å². The molecule has 4 heteroatoms. The zero-order valence-electron chi connectivity index (χ0n) is 35.4. The van der Waals surface area contributed by atoms with Gasteiger partial charge in [0.05, 0.1) is 0 Å². The summed E-state index contributed by atoms with van der Waals surface area (Å²) in [6.07, 6.45) is 6.97. The Hall–Kier alpha value is -3.52. The molecule has 2 unspecified atom stereocenters. The molecule has 0 heterocycles. The van der Waals surface area contributed by atoms with E-state index in [4.69, 9.17) is 17.0 Å². The number of aryl methyl sites for hydroxylation is 2. The summed E-state index contributed by atoms with van der Waals surface area (Å²) < 4.78 is -0.191. The maximum absolute atomic E-state index is 9.16. The van der Waals surface area contributed by atoms with E-state index in [-0.39, 0.29) is 7.25 Å². The van der Waals surface area contributed by atoms with Crippen LogP contribution in [0.25, 0.3) is 45.6 Å². The number of rotatable bonds is 11. The molecular formula is C54H57Cl2SiZr. The van der Waals surface area contributed by atoms with Gasteiger partial charge in [-0.1, -0.05) is 0 Å². The minimum absolute atomic E-state index is 0.0955. The van der Waals surface area contributed by atoms with Crippen LogP contribution >= 0.6 is 17.0 Å². The van der Waals surface area contributed by atoms with Gasteiger partial charge in [-0.25, -0.2) is 0 Å². The second-order valence-electron chi connectivity index (χ2n) is 17.6. The number of halogens is 2. The molecule has 0 saturated carbocycles. The van der Waals surface area contributed by atoms with Crippen LogP contribution in [0.5, 0.6) is 0 Å². The number of allylic oxidation sites excluding steroid dienone is 2. The minimum atomic E-state index is -5.30. The van der Waals surface area contributed by atoms with Crippen molar-refractivity contribution in [2.75, 3.05) is 0 Å². The van der Waals surface area contributed by atoms with Gasteiger partial charge in [0, 0.05) is 0 Å². The van der Waals surface area contributed by atoms with Crippen LogP contribution in [0.3, 0.4) is 0 Å². The number of benzene rings is 6. The predicted octanol–water partition coefficient (Wildman–Crippen LogP) is 16.3. The van der Waals surface area contributed by atoms with Crippen molar-refractivity contribution in [3.05, 3.63) is 189 Å². The van der Waals surface area contributed by atoms with E-state index in [0.717, 1.165) is 12.8 Å². The van der Waals surface area contributed by atoms with Crippen molar-refractivity contribution < 1.29 is 15.6 Å². The van der Waals surface area contributed by atoms with Crippen LogP contribution in [0, 0.1) is 0 Å². The Morgan fingerprint density at radius 3 is 1.21 bits per heavy atom. The van der Waals surface area contributed by atoms with E-state index in [1.807, 2.05) is 0 Å². The van der Waals surface area contributed by atoms with Crippen molar-refractivity contribution in [2.45, 2.75) is 86.6 Å². The van der Waals surface area contributed by atoms with E-state index >= 15 is 0 Å². The molecule has 0 spiro atoms. The van der Waals surface area contributed by atoms with Crippen LogP contribution in [0.2, 0.25) is 13.1 Å². The Bertz CT molecular complexity index is 2390. The van der Waals surface area contributed by atoms with Crippen molar-refractivity contribution in [2.24, 2.45) is 0 Å². The summed E-state index contributed by atoms with van der Waals surface area (Å²) in [5.41, 5.74) is 21.1. The molecule has 6 aromatic carbocycles. The molecule has 0 amide bonds. The van der Waals surface area contributed by atoms with Crippen LogP contribution in [-0.2, 0) is 28.4 Å². The third-order valence-electron chi connectivity index (χ3n) is 13.5. The molecule has 2 aliphatic carbocycles. The summed E-state index contributed by atoms with van der Waals surface area (Å²) >= 11 is -5.30. The van der Waals surface area contributed by atoms with Crippen LogP contribution in [0.1, 0.15) is 116 Å². The Morgan fingerprint density at radius 2 is 0.862 bits per heavy atom.